The standard InChI is InChI=1S/C19H29N3O2/c1-3-16-12-22(17-11-14(20)9-10-18(17)24-16)13-19(23)21(2)15-7-5-4-6-8-15/h9-11,15-16H,3-8,12-13,20H2,1-2H3. The monoisotopic (exact) mass is 331 g/mol. The Balaban J connectivity index is 1.73. The summed E-state index contributed by atoms with van der Waals surface area (Å²) in [6.45, 7) is 3.24. The summed E-state index contributed by atoms with van der Waals surface area (Å²) in [5, 5.41) is 0. The van der Waals surface area contributed by atoms with E-state index < -0.39 is 0 Å². The Labute approximate surface area is 144 Å². The summed E-state index contributed by atoms with van der Waals surface area (Å²) in [6, 6.07) is 6.07. The van der Waals surface area contributed by atoms with E-state index in [1.54, 1.807) is 0 Å². The summed E-state index contributed by atoms with van der Waals surface area (Å²) in [7, 11) is 1.95. The van der Waals surface area contributed by atoms with Gasteiger partial charge in [-0.25, -0.2) is 0 Å². The summed E-state index contributed by atoms with van der Waals surface area (Å²) >= 11 is 0. The van der Waals surface area contributed by atoms with Crippen molar-refractivity contribution in [3.05, 3.63) is 18.2 Å². The van der Waals surface area contributed by atoms with Crippen LogP contribution in [0.5, 0.6) is 5.75 Å². The highest BCUT2D eigenvalue weighted by Crippen LogP contribution is 2.35. The number of carbonyl (C=O) groups is 1. The number of nitrogens with zero attached hydrogens (tertiary/aromatic N) is 2. The van der Waals surface area contributed by atoms with Gasteiger partial charge in [-0.15, -0.1) is 0 Å². The fraction of sp³-hybridized carbons (Fsp3) is 0.632. The Bertz CT molecular complexity index is 584. The van der Waals surface area contributed by atoms with Crippen LogP contribution in [-0.4, -0.2) is 43.1 Å². The van der Waals surface area contributed by atoms with Crippen molar-refractivity contribution >= 4 is 17.3 Å². The van der Waals surface area contributed by atoms with Crippen LogP contribution in [0.1, 0.15) is 45.4 Å². The molecule has 1 heterocycles. The van der Waals surface area contributed by atoms with Crippen LogP contribution >= 0.6 is 0 Å². The summed E-state index contributed by atoms with van der Waals surface area (Å²) in [5.41, 5.74) is 7.58. The Kier molecular flexibility index (Phi) is 5.17. The number of amides is 1. The maximum atomic E-state index is 12.8. The molecule has 0 saturated heterocycles. The first-order valence-corrected chi connectivity index (χ1v) is 9.15. The molecule has 0 radical (unpaired) electrons. The molecule has 2 aliphatic rings. The van der Waals surface area contributed by atoms with Gasteiger partial charge in [0.1, 0.15) is 11.9 Å². The number of hydrogen-bond donors (Lipinski definition) is 1. The van der Waals surface area contributed by atoms with E-state index >= 15 is 0 Å². The van der Waals surface area contributed by atoms with Gasteiger partial charge in [-0.1, -0.05) is 26.2 Å². The Morgan fingerprint density at radius 3 is 2.79 bits per heavy atom. The first-order valence-electron chi connectivity index (χ1n) is 9.15. The van der Waals surface area contributed by atoms with Crippen molar-refractivity contribution in [3.63, 3.8) is 0 Å². The number of fused-ring (bicyclic) bond motifs is 1. The molecule has 1 amide bonds. The number of rotatable bonds is 4. The van der Waals surface area contributed by atoms with Crippen molar-refractivity contribution in [1.82, 2.24) is 4.90 Å². The number of benzene rings is 1. The van der Waals surface area contributed by atoms with E-state index in [0.717, 1.165) is 37.2 Å². The Morgan fingerprint density at radius 1 is 1.33 bits per heavy atom. The lowest BCUT2D eigenvalue weighted by molar-refractivity contribution is -0.131. The van der Waals surface area contributed by atoms with Gasteiger partial charge in [-0.05, 0) is 37.5 Å². The zero-order chi connectivity index (χ0) is 17.1. The van der Waals surface area contributed by atoms with E-state index in [4.69, 9.17) is 10.5 Å². The molecule has 1 atom stereocenters. The fourth-order valence-corrected chi connectivity index (χ4v) is 3.75. The highest BCUT2D eigenvalue weighted by Gasteiger charge is 2.29. The van der Waals surface area contributed by atoms with Crippen LogP contribution in [0.2, 0.25) is 0 Å². The number of carbonyl (C=O) groups excluding carboxylic acids is 1. The molecular weight excluding hydrogens is 302 g/mol. The normalized spacial score (nSPS) is 21.1. The molecule has 5 nitrogen and oxygen atoms in total. The van der Waals surface area contributed by atoms with Crippen molar-refractivity contribution in [2.45, 2.75) is 57.6 Å². The lowest BCUT2D eigenvalue weighted by Gasteiger charge is -2.38. The maximum Gasteiger partial charge on any atom is 0.242 e. The molecule has 1 aliphatic carbocycles. The van der Waals surface area contributed by atoms with Gasteiger partial charge in [-0.2, -0.15) is 0 Å². The van der Waals surface area contributed by atoms with Gasteiger partial charge in [0.05, 0.1) is 18.8 Å². The minimum absolute atomic E-state index is 0.119. The predicted molar refractivity (Wildman–Crippen MR) is 97.4 cm³/mol. The van der Waals surface area contributed by atoms with Crippen molar-refractivity contribution in [1.29, 1.82) is 0 Å². The molecule has 5 heteroatoms. The van der Waals surface area contributed by atoms with Crippen molar-refractivity contribution in [3.8, 4) is 5.75 Å². The highest BCUT2D eigenvalue weighted by atomic mass is 16.5. The quantitative estimate of drug-likeness (QED) is 0.862. The Hall–Kier alpha value is -1.91. The molecule has 0 aromatic heterocycles. The number of hydrogen-bond acceptors (Lipinski definition) is 4. The van der Waals surface area contributed by atoms with E-state index in [0.29, 0.717) is 18.3 Å². The van der Waals surface area contributed by atoms with Crippen molar-refractivity contribution in [2.24, 2.45) is 0 Å². The summed E-state index contributed by atoms with van der Waals surface area (Å²) in [6.07, 6.45) is 7.07. The third kappa shape index (κ3) is 3.60. The molecular formula is C19H29N3O2. The van der Waals surface area contributed by atoms with Crippen LogP contribution in [-0.2, 0) is 4.79 Å². The largest absolute Gasteiger partial charge is 0.486 e. The molecule has 3 rings (SSSR count). The smallest absolute Gasteiger partial charge is 0.242 e. The average Bonchev–Trinajstić information content (AvgIpc) is 2.61. The second kappa shape index (κ2) is 7.32. The number of anilines is 2. The zero-order valence-corrected chi connectivity index (χ0v) is 14.8. The van der Waals surface area contributed by atoms with Gasteiger partial charge >= 0.3 is 0 Å². The molecule has 2 N–H and O–H groups in total. The fourth-order valence-electron chi connectivity index (χ4n) is 3.75. The van der Waals surface area contributed by atoms with E-state index in [9.17, 15) is 4.79 Å². The van der Waals surface area contributed by atoms with E-state index in [2.05, 4.69) is 11.8 Å². The van der Waals surface area contributed by atoms with Crippen LogP contribution < -0.4 is 15.4 Å². The first-order chi connectivity index (χ1) is 11.6. The van der Waals surface area contributed by atoms with Gasteiger partial charge in [0, 0.05) is 18.8 Å². The van der Waals surface area contributed by atoms with Gasteiger partial charge < -0.3 is 20.3 Å². The molecule has 1 aliphatic heterocycles. The molecule has 1 unspecified atom stereocenters. The number of ether oxygens (including phenoxy) is 1. The SMILES string of the molecule is CCC1CN(CC(=O)N(C)C2CCCCC2)c2cc(N)ccc2O1. The topological polar surface area (TPSA) is 58.8 Å². The molecule has 1 saturated carbocycles. The van der Waals surface area contributed by atoms with Gasteiger partial charge in [0.25, 0.3) is 0 Å². The molecule has 132 valence electrons. The minimum Gasteiger partial charge on any atom is -0.486 e. The maximum absolute atomic E-state index is 12.8. The Morgan fingerprint density at radius 2 is 2.08 bits per heavy atom. The lowest BCUT2D eigenvalue weighted by atomic mass is 9.94. The van der Waals surface area contributed by atoms with Crippen LogP contribution in [0.4, 0.5) is 11.4 Å². The van der Waals surface area contributed by atoms with Crippen molar-refractivity contribution < 1.29 is 9.53 Å². The van der Waals surface area contributed by atoms with Crippen molar-refractivity contribution in [2.75, 3.05) is 30.8 Å². The van der Waals surface area contributed by atoms with Crippen LogP contribution in [0, 0.1) is 0 Å². The second-order valence-electron chi connectivity index (χ2n) is 7.05. The number of nitrogens with two attached hydrogens (primary N) is 1. The minimum atomic E-state index is 0.119. The average molecular weight is 331 g/mol. The number of likely N-dealkylation sites (N-methyl/N-ethyl adjacent to an activating group) is 1. The second-order valence-corrected chi connectivity index (χ2v) is 7.05. The number of nitrogen functional groups attached to an aromatic ring is 1. The molecule has 24 heavy (non-hydrogen) atoms. The lowest BCUT2D eigenvalue weighted by Crippen LogP contribution is -2.48. The summed E-state index contributed by atoms with van der Waals surface area (Å²) in [4.78, 5) is 16.9. The molecule has 1 aromatic rings. The van der Waals surface area contributed by atoms with Gasteiger partial charge in [-0.3, -0.25) is 4.79 Å². The van der Waals surface area contributed by atoms with E-state index in [-0.39, 0.29) is 12.0 Å². The zero-order valence-electron chi connectivity index (χ0n) is 14.8. The van der Waals surface area contributed by atoms with E-state index in [1.807, 2.05) is 30.1 Å². The predicted octanol–water partition coefficient (Wildman–Crippen LogP) is 3.04. The summed E-state index contributed by atoms with van der Waals surface area (Å²) in [5.74, 6) is 1.02. The van der Waals surface area contributed by atoms with Gasteiger partial charge in [0.15, 0.2) is 0 Å². The third-order valence-corrected chi connectivity index (χ3v) is 5.34. The van der Waals surface area contributed by atoms with Crippen LogP contribution in [0.15, 0.2) is 18.2 Å². The molecule has 0 spiro atoms. The van der Waals surface area contributed by atoms with Gasteiger partial charge in [0.2, 0.25) is 5.91 Å². The van der Waals surface area contributed by atoms with Crippen LogP contribution in [0.3, 0.4) is 0 Å². The third-order valence-electron chi connectivity index (χ3n) is 5.34. The summed E-state index contributed by atoms with van der Waals surface area (Å²) < 4.78 is 6.00. The first kappa shape index (κ1) is 16.9. The van der Waals surface area contributed by atoms with E-state index in [1.165, 1.54) is 19.3 Å². The molecule has 1 aromatic carbocycles. The molecule has 1 fully saturated rings. The highest BCUT2D eigenvalue weighted by molar-refractivity contribution is 5.83. The molecule has 0 bridgehead atoms. The van der Waals surface area contributed by atoms with Crippen LogP contribution in [0.25, 0.3) is 0 Å².